The zero-order valence-corrected chi connectivity index (χ0v) is 10.3. The van der Waals surface area contributed by atoms with Crippen molar-refractivity contribution in [3.63, 3.8) is 0 Å². The van der Waals surface area contributed by atoms with Crippen molar-refractivity contribution in [1.82, 2.24) is 4.90 Å². The molecule has 92 valence electrons. The first kappa shape index (κ1) is 12.0. The summed E-state index contributed by atoms with van der Waals surface area (Å²) in [5, 5.41) is 10.1. The first-order valence-electron chi connectivity index (χ1n) is 6.02. The molecule has 0 saturated carbocycles. The number of fused-ring (bicyclic) bond motifs is 2. The van der Waals surface area contributed by atoms with E-state index in [1.165, 1.54) is 0 Å². The fraction of sp³-hybridized carbons (Fsp3) is 0.917. The van der Waals surface area contributed by atoms with Gasteiger partial charge in [-0.05, 0) is 33.6 Å². The van der Waals surface area contributed by atoms with Crippen LogP contribution in [0, 0.1) is 0 Å². The number of Topliss-reactive ketones (excluding diaryl/α,β-unsaturated/α-hetero) is 1. The predicted octanol–water partition coefficient (Wildman–Crippen LogP) is 1.27. The minimum Gasteiger partial charge on any atom is -0.356 e. The summed E-state index contributed by atoms with van der Waals surface area (Å²) in [4.78, 5) is 13.4. The van der Waals surface area contributed by atoms with Crippen molar-refractivity contribution in [3.05, 3.63) is 0 Å². The first-order valence-corrected chi connectivity index (χ1v) is 6.02. The number of hydrogen-bond donors (Lipinski definition) is 1. The molecule has 4 nitrogen and oxygen atoms in total. The number of aliphatic hydroxyl groups excluding tert-OH is 1. The van der Waals surface area contributed by atoms with Crippen molar-refractivity contribution >= 4 is 5.78 Å². The van der Waals surface area contributed by atoms with E-state index in [1.54, 1.807) is 0 Å². The molecule has 16 heavy (non-hydrogen) atoms. The van der Waals surface area contributed by atoms with Crippen LogP contribution in [-0.2, 0) is 9.53 Å². The lowest BCUT2D eigenvalue weighted by Gasteiger charge is -2.39. The molecule has 2 rings (SSSR count). The quantitative estimate of drug-likeness (QED) is 0.722. The zero-order chi connectivity index (χ0) is 11.9. The van der Waals surface area contributed by atoms with Crippen molar-refractivity contribution in [2.24, 2.45) is 0 Å². The van der Waals surface area contributed by atoms with Crippen molar-refractivity contribution in [2.75, 3.05) is 0 Å². The Kier molecular flexibility index (Phi) is 3.07. The first-order chi connectivity index (χ1) is 7.37. The van der Waals surface area contributed by atoms with Crippen LogP contribution in [0.5, 0.6) is 0 Å². The van der Waals surface area contributed by atoms with Gasteiger partial charge in [-0.25, -0.2) is 4.90 Å². The molecule has 0 aromatic rings. The molecular weight excluding hydrogens is 206 g/mol. The van der Waals surface area contributed by atoms with Crippen molar-refractivity contribution in [1.29, 1.82) is 0 Å². The lowest BCUT2D eigenvalue weighted by molar-refractivity contribution is -0.253. The van der Waals surface area contributed by atoms with Crippen LogP contribution in [0.4, 0.5) is 0 Å². The predicted molar refractivity (Wildman–Crippen MR) is 59.7 cm³/mol. The molecule has 0 spiro atoms. The summed E-state index contributed by atoms with van der Waals surface area (Å²) in [6, 6.07) is 0.368. The third-order valence-electron chi connectivity index (χ3n) is 3.32. The number of nitrogens with zero attached hydrogens (tertiary/aromatic N) is 1. The van der Waals surface area contributed by atoms with Crippen LogP contribution in [0.1, 0.15) is 46.5 Å². The lowest BCUT2D eigenvalue weighted by atomic mass is 10.0. The Morgan fingerprint density at radius 3 is 2.25 bits per heavy atom. The van der Waals surface area contributed by atoms with Gasteiger partial charge >= 0.3 is 0 Å². The second-order valence-electron chi connectivity index (χ2n) is 5.84. The Morgan fingerprint density at radius 2 is 1.81 bits per heavy atom. The maximum atomic E-state index is 11.4. The summed E-state index contributed by atoms with van der Waals surface area (Å²) >= 11 is 0. The van der Waals surface area contributed by atoms with Gasteiger partial charge < -0.3 is 9.84 Å². The van der Waals surface area contributed by atoms with Gasteiger partial charge in [0.15, 0.2) is 0 Å². The molecule has 2 fully saturated rings. The Labute approximate surface area is 96.6 Å². The standard InChI is InChI=1S/C12H21NO3/c1-12(2,3)16-11(15)13-8-4-5-9(13)7-10(14)6-8/h8-9,11,15H,4-7H2,1-3H3. The van der Waals surface area contributed by atoms with Crippen LogP contribution in [0.2, 0.25) is 0 Å². The second-order valence-corrected chi connectivity index (χ2v) is 5.84. The number of ketones is 1. The van der Waals surface area contributed by atoms with Crippen molar-refractivity contribution in [3.8, 4) is 0 Å². The number of hydrogen-bond acceptors (Lipinski definition) is 4. The van der Waals surface area contributed by atoms with Crippen LogP contribution < -0.4 is 0 Å². The van der Waals surface area contributed by atoms with Gasteiger partial charge in [-0.1, -0.05) is 0 Å². The van der Waals surface area contributed by atoms with E-state index in [-0.39, 0.29) is 17.7 Å². The van der Waals surface area contributed by atoms with Gasteiger partial charge in [0, 0.05) is 24.9 Å². The molecule has 0 aromatic carbocycles. The summed E-state index contributed by atoms with van der Waals surface area (Å²) in [6.07, 6.45) is 2.27. The normalized spacial score (nSPS) is 33.1. The fourth-order valence-corrected chi connectivity index (χ4v) is 2.74. The van der Waals surface area contributed by atoms with E-state index in [4.69, 9.17) is 4.74 Å². The lowest BCUT2D eigenvalue weighted by Crippen LogP contribution is -2.51. The van der Waals surface area contributed by atoms with E-state index in [1.807, 2.05) is 25.7 Å². The van der Waals surface area contributed by atoms with E-state index in [2.05, 4.69) is 0 Å². The number of carbonyl (C=O) groups is 1. The summed E-state index contributed by atoms with van der Waals surface area (Å²) < 4.78 is 5.56. The maximum Gasteiger partial charge on any atom is 0.217 e. The number of carbonyl (C=O) groups excluding carboxylic acids is 1. The third kappa shape index (κ3) is 2.44. The number of piperidine rings is 1. The highest BCUT2D eigenvalue weighted by atomic mass is 16.6. The summed E-state index contributed by atoms with van der Waals surface area (Å²) in [7, 11) is 0. The number of rotatable bonds is 2. The van der Waals surface area contributed by atoms with Crippen LogP contribution in [0.15, 0.2) is 0 Å². The largest absolute Gasteiger partial charge is 0.356 e. The van der Waals surface area contributed by atoms with Gasteiger partial charge in [-0.15, -0.1) is 0 Å². The van der Waals surface area contributed by atoms with Gasteiger partial charge in [0.05, 0.1) is 5.60 Å². The molecule has 3 atom stereocenters. The fourth-order valence-electron chi connectivity index (χ4n) is 2.74. The molecule has 0 aromatic heterocycles. The zero-order valence-electron chi connectivity index (χ0n) is 10.3. The van der Waals surface area contributed by atoms with E-state index < -0.39 is 6.41 Å². The Hall–Kier alpha value is -0.450. The number of aliphatic hydroxyl groups is 1. The molecule has 4 heteroatoms. The molecule has 0 radical (unpaired) electrons. The van der Waals surface area contributed by atoms with Crippen molar-refractivity contribution < 1.29 is 14.6 Å². The monoisotopic (exact) mass is 227 g/mol. The Balaban J connectivity index is 2.02. The Bertz CT molecular complexity index is 268. The average molecular weight is 227 g/mol. The van der Waals surface area contributed by atoms with Gasteiger partial charge in [-0.3, -0.25) is 4.79 Å². The van der Waals surface area contributed by atoms with Crippen LogP contribution in [0.25, 0.3) is 0 Å². The van der Waals surface area contributed by atoms with Gasteiger partial charge in [0.1, 0.15) is 5.78 Å². The smallest absolute Gasteiger partial charge is 0.217 e. The molecule has 2 bridgehead atoms. The number of ether oxygens (including phenoxy) is 1. The third-order valence-corrected chi connectivity index (χ3v) is 3.32. The van der Waals surface area contributed by atoms with Gasteiger partial charge in [0.25, 0.3) is 0 Å². The topological polar surface area (TPSA) is 49.8 Å². The molecule has 3 unspecified atom stereocenters. The molecular formula is C12H21NO3. The average Bonchev–Trinajstić information content (AvgIpc) is 2.36. The Morgan fingerprint density at radius 1 is 1.31 bits per heavy atom. The maximum absolute atomic E-state index is 11.4. The van der Waals surface area contributed by atoms with Gasteiger partial charge in [-0.2, -0.15) is 0 Å². The highest BCUT2D eigenvalue weighted by molar-refractivity contribution is 5.80. The highest BCUT2D eigenvalue weighted by Crippen LogP contribution is 2.35. The van der Waals surface area contributed by atoms with E-state index in [0.717, 1.165) is 12.8 Å². The van der Waals surface area contributed by atoms with Crippen LogP contribution >= 0.6 is 0 Å². The highest BCUT2D eigenvalue weighted by Gasteiger charge is 2.44. The van der Waals surface area contributed by atoms with E-state index >= 15 is 0 Å². The molecule has 1 N–H and O–H groups in total. The van der Waals surface area contributed by atoms with E-state index in [9.17, 15) is 9.90 Å². The second kappa shape index (κ2) is 4.09. The molecule has 2 aliphatic rings. The molecule has 0 aliphatic carbocycles. The molecule has 2 heterocycles. The minimum atomic E-state index is -0.870. The molecule has 2 aliphatic heterocycles. The van der Waals surface area contributed by atoms with E-state index in [0.29, 0.717) is 18.6 Å². The SMILES string of the molecule is CC(C)(C)OC(O)N1C2CCC1CC(=O)C2. The van der Waals surface area contributed by atoms with Crippen LogP contribution in [-0.4, -0.2) is 39.9 Å². The summed E-state index contributed by atoms with van der Waals surface area (Å²) in [6.45, 7) is 5.77. The van der Waals surface area contributed by atoms with Gasteiger partial charge in [0.2, 0.25) is 6.41 Å². The molecule has 0 amide bonds. The summed E-state index contributed by atoms with van der Waals surface area (Å²) in [5.41, 5.74) is -0.361. The van der Waals surface area contributed by atoms with Crippen LogP contribution in [0.3, 0.4) is 0 Å². The molecule has 2 saturated heterocycles. The summed E-state index contributed by atoms with van der Waals surface area (Å²) in [5.74, 6) is 0.326. The van der Waals surface area contributed by atoms with Crippen molar-refractivity contribution in [2.45, 2.75) is 70.6 Å². The minimum absolute atomic E-state index is 0.184.